The number of aromatic nitrogens is 1. The summed E-state index contributed by atoms with van der Waals surface area (Å²) in [5.74, 6) is 1.10. The number of carbonyl (C=O) groups is 1. The van der Waals surface area contributed by atoms with E-state index in [2.05, 4.69) is 17.2 Å². The molecule has 0 spiro atoms. The number of nitrogens with one attached hydrogen (secondary N) is 1. The average molecular weight is 328 g/mol. The van der Waals surface area contributed by atoms with Gasteiger partial charge in [-0.25, -0.2) is 0 Å². The highest BCUT2D eigenvalue weighted by atomic mass is 16.5. The summed E-state index contributed by atoms with van der Waals surface area (Å²) in [6, 6.07) is 9.07. The topological polar surface area (TPSA) is 60.5 Å². The largest absolute Gasteiger partial charge is 0.490 e. The quantitative estimate of drug-likeness (QED) is 0.715. The number of carbonyl (C=O) groups excluding carboxylic acids is 1. The first-order chi connectivity index (χ1) is 11.7. The number of benzene rings is 1. The average Bonchev–Trinajstić information content (AvgIpc) is 2.62. The molecule has 0 aliphatic rings. The van der Waals surface area contributed by atoms with Gasteiger partial charge in [0.05, 0.1) is 6.61 Å². The Hall–Kier alpha value is -2.56. The molecule has 0 saturated heterocycles. The predicted molar refractivity (Wildman–Crippen MR) is 93.4 cm³/mol. The van der Waals surface area contributed by atoms with Crippen LogP contribution in [0.1, 0.15) is 42.6 Å². The van der Waals surface area contributed by atoms with Crippen molar-refractivity contribution in [3.05, 3.63) is 53.9 Å². The van der Waals surface area contributed by atoms with Gasteiger partial charge < -0.3 is 14.8 Å². The molecular formula is C19H24N2O3. The molecule has 0 radical (unpaired) electrons. The molecule has 1 aromatic carbocycles. The van der Waals surface area contributed by atoms with E-state index in [1.54, 1.807) is 30.6 Å². The minimum absolute atomic E-state index is 0.0942. The minimum Gasteiger partial charge on any atom is -0.490 e. The molecule has 128 valence electrons. The van der Waals surface area contributed by atoms with E-state index in [9.17, 15) is 4.79 Å². The third kappa shape index (κ3) is 5.26. The van der Waals surface area contributed by atoms with E-state index in [1.807, 2.05) is 19.1 Å². The van der Waals surface area contributed by atoms with E-state index < -0.39 is 0 Å². The van der Waals surface area contributed by atoms with Crippen molar-refractivity contribution in [2.45, 2.75) is 33.3 Å². The highest BCUT2D eigenvalue weighted by molar-refractivity contribution is 5.94. The van der Waals surface area contributed by atoms with E-state index in [0.717, 1.165) is 18.4 Å². The van der Waals surface area contributed by atoms with Crippen LogP contribution in [-0.2, 0) is 6.61 Å². The van der Waals surface area contributed by atoms with Crippen molar-refractivity contribution < 1.29 is 14.3 Å². The van der Waals surface area contributed by atoms with Gasteiger partial charge in [0, 0.05) is 30.1 Å². The van der Waals surface area contributed by atoms with Crippen molar-refractivity contribution >= 4 is 5.91 Å². The minimum atomic E-state index is -0.0942. The second kappa shape index (κ2) is 9.55. The second-order valence-electron chi connectivity index (χ2n) is 5.35. The fourth-order valence-electron chi connectivity index (χ4n) is 2.16. The van der Waals surface area contributed by atoms with Crippen LogP contribution in [0, 0.1) is 0 Å². The maximum absolute atomic E-state index is 12.2. The van der Waals surface area contributed by atoms with Crippen molar-refractivity contribution in [2.75, 3.05) is 13.2 Å². The smallest absolute Gasteiger partial charge is 0.251 e. The van der Waals surface area contributed by atoms with E-state index in [0.29, 0.717) is 36.8 Å². The van der Waals surface area contributed by atoms with Crippen LogP contribution in [0.5, 0.6) is 11.5 Å². The van der Waals surface area contributed by atoms with Crippen molar-refractivity contribution in [2.24, 2.45) is 0 Å². The van der Waals surface area contributed by atoms with Gasteiger partial charge in [-0.2, -0.15) is 0 Å². The number of nitrogens with zero attached hydrogens (tertiary/aromatic N) is 1. The number of pyridine rings is 1. The Balaban J connectivity index is 2.06. The SMILES string of the molecule is CCCCNC(=O)c1ccc(OCc2cccnc2)c(OCC)c1. The lowest BCUT2D eigenvalue weighted by molar-refractivity contribution is 0.0952. The predicted octanol–water partition coefficient (Wildman–Crippen LogP) is 3.59. The molecule has 0 saturated carbocycles. The van der Waals surface area contributed by atoms with Gasteiger partial charge in [0.1, 0.15) is 6.61 Å². The lowest BCUT2D eigenvalue weighted by Crippen LogP contribution is -2.24. The van der Waals surface area contributed by atoms with Gasteiger partial charge in [0.15, 0.2) is 11.5 Å². The maximum Gasteiger partial charge on any atom is 0.251 e. The number of unbranched alkanes of at least 4 members (excludes halogenated alkanes) is 1. The molecule has 0 aliphatic heterocycles. The van der Waals surface area contributed by atoms with Crippen LogP contribution in [0.3, 0.4) is 0 Å². The summed E-state index contributed by atoms with van der Waals surface area (Å²) >= 11 is 0. The summed E-state index contributed by atoms with van der Waals surface area (Å²) in [7, 11) is 0. The first kappa shape index (κ1) is 17.8. The molecule has 5 heteroatoms. The van der Waals surface area contributed by atoms with E-state index in [1.165, 1.54) is 0 Å². The molecule has 0 bridgehead atoms. The van der Waals surface area contributed by atoms with Gasteiger partial charge in [-0.3, -0.25) is 9.78 Å². The summed E-state index contributed by atoms with van der Waals surface area (Å²) < 4.78 is 11.4. The van der Waals surface area contributed by atoms with Gasteiger partial charge >= 0.3 is 0 Å². The second-order valence-corrected chi connectivity index (χ2v) is 5.35. The Morgan fingerprint density at radius 2 is 2.04 bits per heavy atom. The molecule has 2 aromatic rings. The van der Waals surface area contributed by atoms with Crippen molar-refractivity contribution in [1.82, 2.24) is 10.3 Å². The third-order valence-electron chi connectivity index (χ3n) is 3.44. The van der Waals surface area contributed by atoms with Crippen LogP contribution >= 0.6 is 0 Å². The van der Waals surface area contributed by atoms with E-state index in [-0.39, 0.29) is 5.91 Å². The molecule has 1 amide bonds. The lowest BCUT2D eigenvalue weighted by atomic mass is 10.2. The molecule has 1 aromatic heterocycles. The fourth-order valence-corrected chi connectivity index (χ4v) is 2.16. The Bertz CT molecular complexity index is 644. The highest BCUT2D eigenvalue weighted by Crippen LogP contribution is 2.29. The molecule has 1 heterocycles. The van der Waals surface area contributed by atoms with Crippen molar-refractivity contribution in [1.29, 1.82) is 0 Å². The van der Waals surface area contributed by atoms with E-state index >= 15 is 0 Å². The van der Waals surface area contributed by atoms with Crippen LogP contribution in [0.4, 0.5) is 0 Å². The third-order valence-corrected chi connectivity index (χ3v) is 3.44. The lowest BCUT2D eigenvalue weighted by Gasteiger charge is -2.13. The highest BCUT2D eigenvalue weighted by Gasteiger charge is 2.11. The first-order valence-corrected chi connectivity index (χ1v) is 8.31. The van der Waals surface area contributed by atoms with Gasteiger partial charge in [0.2, 0.25) is 0 Å². The summed E-state index contributed by atoms with van der Waals surface area (Å²) in [4.78, 5) is 16.2. The molecule has 0 atom stereocenters. The molecule has 1 N–H and O–H groups in total. The number of rotatable bonds is 9. The first-order valence-electron chi connectivity index (χ1n) is 8.31. The molecule has 0 fully saturated rings. The number of hydrogen-bond donors (Lipinski definition) is 1. The molecule has 0 aliphatic carbocycles. The van der Waals surface area contributed by atoms with Crippen molar-refractivity contribution in [3.63, 3.8) is 0 Å². The number of hydrogen-bond acceptors (Lipinski definition) is 4. The standard InChI is InChI=1S/C19H24N2O3/c1-3-5-11-21-19(22)16-8-9-17(18(12-16)23-4-2)24-14-15-7-6-10-20-13-15/h6-10,12-13H,3-5,11,14H2,1-2H3,(H,21,22). The van der Waals surface area contributed by atoms with Crippen molar-refractivity contribution in [3.8, 4) is 11.5 Å². The zero-order chi connectivity index (χ0) is 17.2. The number of ether oxygens (including phenoxy) is 2. The molecule has 5 nitrogen and oxygen atoms in total. The molecular weight excluding hydrogens is 304 g/mol. The Morgan fingerprint density at radius 1 is 1.17 bits per heavy atom. The molecule has 24 heavy (non-hydrogen) atoms. The Labute approximate surface area is 143 Å². The summed E-state index contributed by atoms with van der Waals surface area (Å²) in [5.41, 5.74) is 1.55. The van der Waals surface area contributed by atoms with Gasteiger partial charge in [-0.15, -0.1) is 0 Å². The van der Waals surface area contributed by atoms with Crippen LogP contribution < -0.4 is 14.8 Å². The molecule has 0 unspecified atom stereocenters. The van der Waals surface area contributed by atoms with E-state index in [4.69, 9.17) is 9.47 Å². The zero-order valence-electron chi connectivity index (χ0n) is 14.2. The van der Waals surface area contributed by atoms with Crippen LogP contribution in [-0.4, -0.2) is 24.0 Å². The van der Waals surface area contributed by atoms with Crippen LogP contribution in [0.25, 0.3) is 0 Å². The summed E-state index contributed by atoms with van der Waals surface area (Å²) in [6.07, 6.45) is 5.50. The van der Waals surface area contributed by atoms with Gasteiger partial charge in [-0.05, 0) is 37.6 Å². The Kier molecular flexibility index (Phi) is 7.08. The number of amides is 1. The Morgan fingerprint density at radius 3 is 2.75 bits per heavy atom. The normalized spacial score (nSPS) is 10.2. The summed E-state index contributed by atoms with van der Waals surface area (Å²) in [6.45, 7) is 5.57. The fraction of sp³-hybridized carbons (Fsp3) is 0.368. The van der Waals surface area contributed by atoms with Gasteiger partial charge in [-0.1, -0.05) is 19.4 Å². The summed E-state index contributed by atoms with van der Waals surface area (Å²) in [5, 5.41) is 2.90. The molecule has 2 rings (SSSR count). The van der Waals surface area contributed by atoms with Gasteiger partial charge in [0.25, 0.3) is 5.91 Å². The van der Waals surface area contributed by atoms with Crippen LogP contribution in [0.2, 0.25) is 0 Å². The van der Waals surface area contributed by atoms with Crippen LogP contribution in [0.15, 0.2) is 42.7 Å². The maximum atomic E-state index is 12.2. The zero-order valence-corrected chi connectivity index (χ0v) is 14.2. The monoisotopic (exact) mass is 328 g/mol.